The third-order valence-electron chi connectivity index (χ3n) is 1.20. The number of hydrogen-bond acceptors (Lipinski definition) is 2. The van der Waals surface area contributed by atoms with Crippen LogP contribution < -0.4 is 5.32 Å². The zero-order chi connectivity index (χ0) is 8.15. The number of carbonyl (C=O) groups is 1. The smallest absolute Gasteiger partial charge is 0.162 e. The summed E-state index contributed by atoms with van der Waals surface area (Å²) in [6.07, 6.45) is 0. The summed E-state index contributed by atoms with van der Waals surface area (Å²) in [5.41, 5.74) is 0. The predicted octanol–water partition coefficient (Wildman–Crippen LogP) is 1.58. The maximum absolute atomic E-state index is 11.2. The molecule has 0 saturated carbocycles. The number of carbonyl (C=O) groups excluding carboxylic acids is 1. The largest absolute Gasteiger partial charge is 0.300 e. The number of halogens is 1. The first kappa shape index (κ1) is 10.4. The first-order chi connectivity index (χ1) is 4.59. The van der Waals surface area contributed by atoms with Crippen molar-refractivity contribution >= 4 is 28.4 Å². The van der Waals surface area contributed by atoms with Crippen LogP contribution in [0.5, 0.6) is 0 Å². The Balaban J connectivity index is 3.71. The molecule has 0 aliphatic carbocycles. The highest BCUT2D eigenvalue weighted by atomic mass is 127. The molecule has 1 unspecified atom stereocenters. The molecular weight excluding hydrogens is 241 g/mol. The van der Waals surface area contributed by atoms with Gasteiger partial charge in [-0.25, -0.2) is 0 Å². The van der Waals surface area contributed by atoms with E-state index in [4.69, 9.17) is 0 Å². The minimum absolute atomic E-state index is 0.0115. The Hall–Kier alpha value is 0.360. The minimum atomic E-state index is -0.0115. The van der Waals surface area contributed by atoms with Crippen LogP contribution in [0.15, 0.2) is 0 Å². The van der Waals surface area contributed by atoms with E-state index < -0.39 is 0 Å². The van der Waals surface area contributed by atoms with Crippen LogP contribution in [-0.2, 0) is 4.79 Å². The molecule has 0 amide bonds. The summed E-state index contributed by atoms with van der Waals surface area (Å²) in [4.78, 5) is 11.2. The van der Waals surface area contributed by atoms with Gasteiger partial charge in [0.05, 0.1) is 0 Å². The van der Waals surface area contributed by atoms with E-state index in [0.717, 1.165) is 6.54 Å². The minimum Gasteiger partial charge on any atom is -0.300 e. The molecule has 0 aromatic heterocycles. The molecule has 2 nitrogen and oxygen atoms in total. The van der Waals surface area contributed by atoms with Gasteiger partial charge in [-0.3, -0.25) is 10.1 Å². The maximum atomic E-state index is 11.2. The van der Waals surface area contributed by atoms with Crippen molar-refractivity contribution < 1.29 is 4.79 Å². The lowest BCUT2D eigenvalue weighted by molar-refractivity contribution is -0.121. The lowest BCUT2D eigenvalue weighted by Crippen LogP contribution is -2.33. The number of alkyl halides is 1. The van der Waals surface area contributed by atoms with E-state index in [1.807, 2.05) is 20.8 Å². The molecule has 0 aromatic carbocycles. The molecule has 0 aliphatic heterocycles. The highest BCUT2D eigenvalue weighted by molar-refractivity contribution is 14.1. The lowest BCUT2D eigenvalue weighted by atomic mass is 10.1. The summed E-state index contributed by atoms with van der Waals surface area (Å²) in [6.45, 7) is 6.70. The third-order valence-corrected chi connectivity index (χ3v) is 2.26. The van der Waals surface area contributed by atoms with E-state index in [2.05, 4.69) is 27.9 Å². The standard InChI is InChI=1S/C7H14INO/c1-4-9-7(8)6(10)5(2)3/h5,7,9H,4H2,1-3H3. The first-order valence-corrected chi connectivity index (χ1v) is 4.75. The Morgan fingerprint density at radius 3 is 2.40 bits per heavy atom. The first-order valence-electron chi connectivity index (χ1n) is 3.50. The summed E-state index contributed by atoms with van der Waals surface area (Å²) in [6, 6.07) is 0. The van der Waals surface area contributed by atoms with Gasteiger partial charge in [0.2, 0.25) is 0 Å². The van der Waals surface area contributed by atoms with Crippen molar-refractivity contribution in [1.29, 1.82) is 0 Å². The van der Waals surface area contributed by atoms with E-state index in [0.29, 0.717) is 0 Å². The van der Waals surface area contributed by atoms with Crippen molar-refractivity contribution in [3.05, 3.63) is 0 Å². The van der Waals surface area contributed by atoms with Gasteiger partial charge in [0, 0.05) is 5.92 Å². The molecule has 0 heterocycles. The van der Waals surface area contributed by atoms with E-state index in [-0.39, 0.29) is 15.7 Å². The number of ketones is 1. The molecule has 0 fully saturated rings. The Bertz CT molecular complexity index is 114. The van der Waals surface area contributed by atoms with Crippen LogP contribution in [0.3, 0.4) is 0 Å². The Morgan fingerprint density at radius 1 is 1.60 bits per heavy atom. The lowest BCUT2D eigenvalue weighted by Gasteiger charge is -2.10. The Labute approximate surface area is 75.9 Å². The predicted molar refractivity (Wildman–Crippen MR) is 51.3 cm³/mol. The molecule has 0 radical (unpaired) electrons. The van der Waals surface area contributed by atoms with Crippen LogP contribution in [0.2, 0.25) is 0 Å². The summed E-state index contributed by atoms with van der Waals surface area (Å²) < 4.78 is -0.0115. The van der Waals surface area contributed by atoms with Crippen molar-refractivity contribution in [3.63, 3.8) is 0 Å². The quantitative estimate of drug-likeness (QED) is 0.469. The van der Waals surface area contributed by atoms with Gasteiger partial charge in [0.15, 0.2) is 5.78 Å². The monoisotopic (exact) mass is 255 g/mol. The molecule has 0 saturated heterocycles. The van der Waals surface area contributed by atoms with E-state index in [9.17, 15) is 4.79 Å². The molecule has 0 aliphatic rings. The van der Waals surface area contributed by atoms with Gasteiger partial charge >= 0.3 is 0 Å². The SMILES string of the molecule is CCNC(I)C(=O)C(C)C. The Kier molecular flexibility index (Phi) is 5.25. The molecule has 0 aromatic rings. The van der Waals surface area contributed by atoms with Crippen molar-refractivity contribution in [2.24, 2.45) is 5.92 Å². The second-order valence-electron chi connectivity index (χ2n) is 2.48. The fourth-order valence-corrected chi connectivity index (χ4v) is 1.73. The molecule has 60 valence electrons. The van der Waals surface area contributed by atoms with Crippen LogP contribution >= 0.6 is 22.6 Å². The van der Waals surface area contributed by atoms with Crippen LogP contribution in [0.1, 0.15) is 20.8 Å². The Morgan fingerprint density at radius 2 is 2.10 bits per heavy atom. The zero-order valence-corrected chi connectivity index (χ0v) is 8.81. The number of nitrogens with one attached hydrogen (secondary N) is 1. The summed E-state index contributed by atoms with van der Waals surface area (Å²) in [5, 5.41) is 3.06. The van der Waals surface area contributed by atoms with E-state index >= 15 is 0 Å². The topological polar surface area (TPSA) is 29.1 Å². The average molecular weight is 255 g/mol. The molecular formula is C7H14INO. The van der Waals surface area contributed by atoms with Crippen LogP contribution in [0.4, 0.5) is 0 Å². The van der Waals surface area contributed by atoms with Gasteiger partial charge in [-0.1, -0.05) is 43.4 Å². The normalized spacial score (nSPS) is 13.7. The second-order valence-corrected chi connectivity index (χ2v) is 3.72. The van der Waals surface area contributed by atoms with Crippen LogP contribution in [0.25, 0.3) is 0 Å². The van der Waals surface area contributed by atoms with Crippen LogP contribution in [0, 0.1) is 5.92 Å². The van der Waals surface area contributed by atoms with Crippen molar-refractivity contribution in [1.82, 2.24) is 5.32 Å². The van der Waals surface area contributed by atoms with Gasteiger partial charge in [-0.05, 0) is 6.54 Å². The van der Waals surface area contributed by atoms with Crippen molar-refractivity contribution in [2.45, 2.75) is 24.8 Å². The highest BCUT2D eigenvalue weighted by Crippen LogP contribution is 2.05. The summed E-state index contributed by atoms with van der Waals surface area (Å²) in [7, 11) is 0. The number of likely N-dealkylation sites (N-methyl/N-ethyl adjacent to an activating group) is 1. The molecule has 0 spiro atoms. The summed E-state index contributed by atoms with van der Waals surface area (Å²) >= 11 is 2.12. The number of hydrogen-bond donors (Lipinski definition) is 1. The number of Topliss-reactive ketones (excluding diaryl/α,β-unsaturated/α-hetero) is 1. The molecule has 1 atom stereocenters. The summed E-state index contributed by atoms with van der Waals surface area (Å²) in [5.74, 6) is 0.420. The molecule has 0 rings (SSSR count). The highest BCUT2D eigenvalue weighted by Gasteiger charge is 2.15. The van der Waals surface area contributed by atoms with E-state index in [1.54, 1.807) is 0 Å². The molecule has 10 heavy (non-hydrogen) atoms. The van der Waals surface area contributed by atoms with Gasteiger partial charge in [-0.2, -0.15) is 0 Å². The van der Waals surface area contributed by atoms with Gasteiger partial charge in [-0.15, -0.1) is 0 Å². The van der Waals surface area contributed by atoms with Crippen LogP contribution in [-0.4, -0.2) is 16.4 Å². The third kappa shape index (κ3) is 3.51. The van der Waals surface area contributed by atoms with Gasteiger partial charge in [0.25, 0.3) is 0 Å². The second kappa shape index (κ2) is 5.07. The van der Waals surface area contributed by atoms with E-state index in [1.165, 1.54) is 0 Å². The molecule has 1 N–H and O–H groups in total. The fourth-order valence-electron chi connectivity index (χ4n) is 0.572. The molecule has 0 bridgehead atoms. The van der Waals surface area contributed by atoms with Crippen molar-refractivity contribution in [3.8, 4) is 0 Å². The number of rotatable bonds is 4. The fraction of sp³-hybridized carbons (Fsp3) is 0.857. The maximum Gasteiger partial charge on any atom is 0.162 e. The van der Waals surface area contributed by atoms with Crippen molar-refractivity contribution in [2.75, 3.05) is 6.54 Å². The molecule has 3 heteroatoms. The zero-order valence-electron chi connectivity index (χ0n) is 6.65. The van der Waals surface area contributed by atoms with Gasteiger partial charge in [0.1, 0.15) is 4.05 Å². The van der Waals surface area contributed by atoms with Gasteiger partial charge < -0.3 is 0 Å². The average Bonchev–Trinajstić information content (AvgIpc) is 1.87.